The second-order valence-electron chi connectivity index (χ2n) is 9.42. The molecule has 2 aromatic heterocycles. The van der Waals surface area contributed by atoms with Gasteiger partial charge in [0.1, 0.15) is 22.8 Å². The van der Waals surface area contributed by atoms with E-state index in [1.807, 2.05) is 23.1 Å². The highest BCUT2D eigenvalue weighted by molar-refractivity contribution is 5.98. The van der Waals surface area contributed by atoms with Gasteiger partial charge in [-0.3, -0.25) is 9.78 Å². The summed E-state index contributed by atoms with van der Waals surface area (Å²) < 4.78 is 16.0. The number of hydrogen-bond donors (Lipinski definition) is 1. The van der Waals surface area contributed by atoms with Crippen LogP contribution in [0.5, 0.6) is 5.88 Å². The molecule has 0 unspecified atom stereocenters. The predicted molar refractivity (Wildman–Crippen MR) is 129 cm³/mol. The number of likely N-dealkylation sites (tertiary alicyclic amines) is 1. The Kier molecular flexibility index (Phi) is 4.95. The number of carbonyl (C=O) groups excluding carboxylic acids is 1. The van der Waals surface area contributed by atoms with Crippen molar-refractivity contribution >= 4 is 22.5 Å². The van der Waals surface area contributed by atoms with E-state index < -0.39 is 11.7 Å². The van der Waals surface area contributed by atoms with Gasteiger partial charge in [-0.2, -0.15) is 5.26 Å². The molecule has 7 nitrogen and oxygen atoms in total. The molecule has 6 rings (SSSR count). The number of carbonyl (C=O) groups is 1. The van der Waals surface area contributed by atoms with Gasteiger partial charge in [0.05, 0.1) is 17.8 Å². The van der Waals surface area contributed by atoms with Crippen LogP contribution in [0.15, 0.2) is 37.1 Å². The summed E-state index contributed by atoms with van der Waals surface area (Å²) in [7, 11) is 0. The number of aromatic nitrogens is 2. The second kappa shape index (κ2) is 8.05. The number of anilines is 1. The Morgan fingerprint density at radius 3 is 2.91 bits per heavy atom. The lowest BCUT2D eigenvalue weighted by atomic mass is 9.87. The molecule has 2 fully saturated rings. The molecule has 1 aromatic carbocycles. The largest absolute Gasteiger partial charge is 0.492 e. The fourth-order valence-electron chi connectivity index (χ4n) is 6.02. The van der Waals surface area contributed by atoms with Crippen molar-refractivity contribution in [2.75, 3.05) is 18.0 Å². The Bertz CT molecular complexity index is 1450. The monoisotopic (exact) mass is 469 g/mol. The van der Waals surface area contributed by atoms with E-state index >= 15 is 4.39 Å². The van der Waals surface area contributed by atoms with Crippen LogP contribution in [0.3, 0.4) is 0 Å². The molecule has 176 valence electrons. The summed E-state index contributed by atoms with van der Waals surface area (Å²) in [6, 6.07) is 7.89. The molecule has 4 heterocycles. The van der Waals surface area contributed by atoms with Crippen LogP contribution < -0.4 is 4.90 Å². The van der Waals surface area contributed by atoms with Crippen molar-refractivity contribution in [1.82, 2.24) is 14.9 Å². The van der Waals surface area contributed by atoms with Crippen molar-refractivity contribution in [3.63, 3.8) is 0 Å². The highest BCUT2D eigenvalue weighted by Crippen LogP contribution is 2.44. The summed E-state index contributed by atoms with van der Waals surface area (Å²) in [4.78, 5) is 24.6. The van der Waals surface area contributed by atoms with Gasteiger partial charge in [-0.05, 0) is 49.3 Å². The first-order chi connectivity index (χ1) is 17.0. The SMILES string of the molecule is C=CC(=O)N1CC[C@@H]2[C@H]1CN2c1c(C#N)c(O)nc2c(F)c(-c3cccc4c3CCCC4)ncc12. The molecular weight excluding hydrogens is 445 g/mol. The van der Waals surface area contributed by atoms with Gasteiger partial charge in [-0.1, -0.05) is 24.8 Å². The molecule has 35 heavy (non-hydrogen) atoms. The molecule has 1 aliphatic carbocycles. The van der Waals surface area contributed by atoms with E-state index in [4.69, 9.17) is 0 Å². The topological polar surface area (TPSA) is 93.4 Å². The van der Waals surface area contributed by atoms with Gasteiger partial charge in [0.15, 0.2) is 5.82 Å². The summed E-state index contributed by atoms with van der Waals surface area (Å²) >= 11 is 0. The van der Waals surface area contributed by atoms with E-state index in [-0.39, 0.29) is 34.8 Å². The molecular formula is C27H24FN5O2. The van der Waals surface area contributed by atoms with Gasteiger partial charge in [-0.25, -0.2) is 9.37 Å². The Morgan fingerprint density at radius 1 is 1.29 bits per heavy atom. The van der Waals surface area contributed by atoms with E-state index in [1.165, 1.54) is 11.6 Å². The minimum atomic E-state index is -0.602. The van der Waals surface area contributed by atoms with Crippen LogP contribution in [-0.4, -0.2) is 51.1 Å². The van der Waals surface area contributed by atoms with Crippen LogP contribution >= 0.6 is 0 Å². The minimum absolute atomic E-state index is 0.00418. The maximum absolute atomic E-state index is 16.0. The molecule has 2 aliphatic heterocycles. The van der Waals surface area contributed by atoms with Crippen LogP contribution in [0.2, 0.25) is 0 Å². The first-order valence-electron chi connectivity index (χ1n) is 12.0. The number of rotatable bonds is 3. The maximum Gasteiger partial charge on any atom is 0.246 e. The Hall–Kier alpha value is -3.99. The number of hydrogen-bond acceptors (Lipinski definition) is 6. The van der Waals surface area contributed by atoms with Crippen molar-refractivity contribution in [2.45, 2.75) is 44.2 Å². The normalized spacial score (nSPS) is 20.7. The zero-order valence-corrected chi connectivity index (χ0v) is 19.2. The van der Waals surface area contributed by atoms with Crippen molar-refractivity contribution in [2.24, 2.45) is 0 Å². The van der Waals surface area contributed by atoms with Gasteiger partial charge in [0.25, 0.3) is 0 Å². The molecule has 2 saturated heterocycles. The molecule has 8 heteroatoms. The number of pyridine rings is 2. The minimum Gasteiger partial charge on any atom is -0.492 e. The van der Waals surface area contributed by atoms with Crippen LogP contribution in [0.25, 0.3) is 22.2 Å². The molecule has 2 atom stereocenters. The first kappa shape index (κ1) is 21.5. The van der Waals surface area contributed by atoms with Crippen LogP contribution in [0.1, 0.15) is 36.0 Å². The lowest BCUT2D eigenvalue weighted by molar-refractivity contribution is -0.127. The molecule has 3 aromatic rings. The van der Waals surface area contributed by atoms with E-state index in [0.717, 1.165) is 36.8 Å². The number of amides is 1. The fourth-order valence-corrected chi connectivity index (χ4v) is 6.02. The molecule has 0 saturated carbocycles. The molecule has 3 aliphatic rings. The van der Waals surface area contributed by atoms with Gasteiger partial charge in [0.2, 0.25) is 11.8 Å². The molecule has 1 amide bonds. The molecule has 0 bridgehead atoms. The first-order valence-corrected chi connectivity index (χ1v) is 12.0. The third-order valence-corrected chi connectivity index (χ3v) is 7.73. The quantitative estimate of drug-likeness (QED) is 0.586. The number of benzene rings is 1. The van der Waals surface area contributed by atoms with E-state index in [0.29, 0.717) is 30.6 Å². The van der Waals surface area contributed by atoms with Crippen molar-refractivity contribution in [3.8, 4) is 23.2 Å². The summed E-state index contributed by atoms with van der Waals surface area (Å²) in [5, 5.41) is 20.8. The zero-order valence-electron chi connectivity index (χ0n) is 19.2. The van der Waals surface area contributed by atoms with Crippen LogP contribution in [-0.2, 0) is 17.6 Å². The van der Waals surface area contributed by atoms with Gasteiger partial charge < -0.3 is 14.9 Å². The van der Waals surface area contributed by atoms with E-state index in [9.17, 15) is 15.2 Å². The number of halogens is 1. The predicted octanol–water partition coefficient (Wildman–Crippen LogP) is 3.87. The summed E-state index contributed by atoms with van der Waals surface area (Å²) in [5.41, 5.74) is 3.73. The molecule has 1 N–H and O–H groups in total. The van der Waals surface area contributed by atoms with Crippen molar-refractivity contribution in [1.29, 1.82) is 5.26 Å². The second-order valence-corrected chi connectivity index (χ2v) is 9.42. The van der Waals surface area contributed by atoms with Gasteiger partial charge in [-0.15, -0.1) is 0 Å². The molecule has 0 radical (unpaired) electrons. The molecule has 0 spiro atoms. The number of aromatic hydroxyl groups is 1. The number of aryl methyl sites for hydroxylation is 1. The van der Waals surface area contributed by atoms with Gasteiger partial charge in [0, 0.05) is 30.2 Å². The summed E-state index contributed by atoms with van der Waals surface area (Å²) in [5.74, 6) is -1.22. The lowest BCUT2D eigenvalue weighted by Crippen LogP contribution is -2.63. The van der Waals surface area contributed by atoms with E-state index in [1.54, 1.807) is 11.1 Å². The van der Waals surface area contributed by atoms with Crippen LogP contribution in [0, 0.1) is 17.1 Å². The number of nitrogens with zero attached hydrogens (tertiary/aromatic N) is 5. The standard InChI is InChI=1S/C27H24FN5O2/c1-2-22(34)32-11-10-20-21(32)14-33(20)26-18(12-29)27(35)31-25-19(26)13-30-24(23(25)28)17-9-5-7-15-6-3-4-8-16(15)17/h2,5,7,9,13,20-21H,1,3-4,6,8,10-11,14H2,(H,31,35)/t20-,21-/m1/s1. The summed E-state index contributed by atoms with van der Waals surface area (Å²) in [6.45, 7) is 4.64. The highest BCUT2D eigenvalue weighted by atomic mass is 19.1. The Balaban J connectivity index is 1.48. The Morgan fingerprint density at radius 2 is 2.11 bits per heavy atom. The third-order valence-electron chi connectivity index (χ3n) is 7.73. The maximum atomic E-state index is 16.0. The highest BCUT2D eigenvalue weighted by Gasteiger charge is 2.49. The van der Waals surface area contributed by atoms with Crippen molar-refractivity contribution < 1.29 is 14.3 Å². The lowest BCUT2D eigenvalue weighted by Gasteiger charge is -2.48. The summed E-state index contributed by atoms with van der Waals surface area (Å²) in [6.07, 6.45) is 7.60. The third kappa shape index (κ3) is 3.11. The Labute approximate surface area is 202 Å². The fraction of sp³-hybridized carbons (Fsp3) is 0.333. The average molecular weight is 470 g/mol. The zero-order chi connectivity index (χ0) is 24.3. The smallest absolute Gasteiger partial charge is 0.246 e. The van der Waals surface area contributed by atoms with Crippen molar-refractivity contribution in [3.05, 3.63) is 59.6 Å². The van der Waals surface area contributed by atoms with Gasteiger partial charge >= 0.3 is 0 Å². The number of nitriles is 1. The van der Waals surface area contributed by atoms with Crippen LogP contribution in [0.4, 0.5) is 10.1 Å². The van der Waals surface area contributed by atoms with E-state index in [2.05, 4.69) is 22.6 Å². The number of fused-ring (bicyclic) bond motifs is 3. The average Bonchev–Trinajstić information content (AvgIpc) is 3.20.